The first-order valence-electron chi connectivity index (χ1n) is 6.36. The molecule has 0 aromatic heterocycles. The van der Waals surface area contributed by atoms with Gasteiger partial charge in [0.05, 0.1) is 5.41 Å². The van der Waals surface area contributed by atoms with E-state index in [4.69, 9.17) is 0 Å². The van der Waals surface area contributed by atoms with Crippen LogP contribution in [0.3, 0.4) is 0 Å². The molecular formula is C12H21N3O4. The third-order valence-corrected chi connectivity index (χ3v) is 3.75. The minimum atomic E-state index is -0.871. The number of carboxylic acids is 1. The Morgan fingerprint density at radius 3 is 2.47 bits per heavy atom. The molecule has 19 heavy (non-hydrogen) atoms. The molecule has 0 aromatic rings. The summed E-state index contributed by atoms with van der Waals surface area (Å²) in [4.78, 5) is 36.0. The number of carboxylic acid groups (broad SMARTS) is 1. The number of hydrogen-bond acceptors (Lipinski definition) is 3. The second-order valence-corrected chi connectivity index (χ2v) is 4.90. The number of urea groups is 1. The molecule has 1 rings (SSSR count). The van der Waals surface area contributed by atoms with Crippen molar-refractivity contribution >= 4 is 17.9 Å². The average molecular weight is 271 g/mol. The van der Waals surface area contributed by atoms with E-state index in [0.29, 0.717) is 19.4 Å². The molecule has 0 bridgehead atoms. The van der Waals surface area contributed by atoms with Gasteiger partial charge in [0.15, 0.2) is 0 Å². The Balaban J connectivity index is 2.62. The van der Waals surface area contributed by atoms with Crippen molar-refractivity contribution in [3.63, 3.8) is 0 Å². The first kappa shape index (κ1) is 15.3. The fourth-order valence-corrected chi connectivity index (χ4v) is 2.22. The summed E-state index contributed by atoms with van der Waals surface area (Å²) in [5.41, 5.74) is -0.854. The zero-order valence-electron chi connectivity index (χ0n) is 11.5. The topological polar surface area (TPSA) is 98.7 Å². The molecule has 3 N–H and O–H groups in total. The molecular weight excluding hydrogens is 250 g/mol. The summed E-state index contributed by atoms with van der Waals surface area (Å²) < 4.78 is 0. The van der Waals surface area contributed by atoms with Crippen molar-refractivity contribution in [2.24, 2.45) is 5.41 Å². The molecule has 1 aliphatic heterocycles. The van der Waals surface area contributed by atoms with Gasteiger partial charge in [-0.3, -0.25) is 9.59 Å². The number of rotatable bonds is 4. The molecule has 0 spiro atoms. The van der Waals surface area contributed by atoms with Gasteiger partial charge in [-0.1, -0.05) is 6.92 Å². The van der Waals surface area contributed by atoms with E-state index in [2.05, 4.69) is 10.6 Å². The number of carbonyl (C=O) groups excluding carboxylic acids is 2. The lowest BCUT2D eigenvalue weighted by atomic mass is 9.84. The lowest BCUT2D eigenvalue weighted by Crippen LogP contribution is -2.49. The predicted molar refractivity (Wildman–Crippen MR) is 68.6 cm³/mol. The van der Waals surface area contributed by atoms with E-state index in [1.54, 1.807) is 6.92 Å². The van der Waals surface area contributed by atoms with Gasteiger partial charge in [-0.05, 0) is 19.8 Å². The van der Waals surface area contributed by atoms with Crippen LogP contribution in [0, 0.1) is 5.41 Å². The van der Waals surface area contributed by atoms with Crippen molar-refractivity contribution in [2.45, 2.75) is 32.7 Å². The van der Waals surface area contributed by atoms with Crippen LogP contribution >= 0.6 is 0 Å². The first-order valence-corrected chi connectivity index (χ1v) is 6.36. The fraction of sp³-hybridized carbons (Fsp3) is 0.750. The number of hydrogen-bond donors (Lipinski definition) is 3. The smallest absolute Gasteiger partial charge is 0.318 e. The minimum Gasteiger partial charge on any atom is -0.481 e. The van der Waals surface area contributed by atoms with E-state index in [9.17, 15) is 19.5 Å². The van der Waals surface area contributed by atoms with E-state index in [-0.39, 0.29) is 12.5 Å². The van der Waals surface area contributed by atoms with Crippen molar-refractivity contribution in [2.75, 3.05) is 20.1 Å². The number of nitrogens with zero attached hydrogens (tertiary/aromatic N) is 1. The van der Waals surface area contributed by atoms with E-state index >= 15 is 0 Å². The molecule has 2 unspecified atom stereocenters. The van der Waals surface area contributed by atoms with Gasteiger partial charge < -0.3 is 20.6 Å². The Morgan fingerprint density at radius 1 is 1.42 bits per heavy atom. The van der Waals surface area contributed by atoms with Crippen molar-refractivity contribution in [1.82, 2.24) is 15.5 Å². The van der Waals surface area contributed by atoms with Crippen LogP contribution in [-0.4, -0.2) is 54.1 Å². The molecule has 1 fully saturated rings. The maximum absolute atomic E-state index is 11.9. The third-order valence-electron chi connectivity index (χ3n) is 3.75. The highest BCUT2D eigenvalue weighted by molar-refractivity contribution is 5.87. The predicted octanol–water partition coefficient (Wildman–Crippen LogP) is 0.0172. The van der Waals surface area contributed by atoms with Crippen LogP contribution in [0.25, 0.3) is 0 Å². The molecule has 3 amide bonds. The monoisotopic (exact) mass is 271 g/mol. The van der Waals surface area contributed by atoms with E-state index in [1.165, 1.54) is 11.9 Å². The van der Waals surface area contributed by atoms with Crippen LogP contribution in [0.5, 0.6) is 0 Å². The molecule has 108 valence electrons. The highest BCUT2D eigenvalue weighted by atomic mass is 16.4. The lowest BCUT2D eigenvalue weighted by Gasteiger charge is -2.24. The van der Waals surface area contributed by atoms with Gasteiger partial charge in [0.1, 0.15) is 6.04 Å². The van der Waals surface area contributed by atoms with Gasteiger partial charge in [0.25, 0.3) is 0 Å². The third kappa shape index (κ3) is 3.15. The summed E-state index contributed by atoms with van der Waals surface area (Å²) in [5.74, 6) is -1.16. The SMILES string of the molecule is CCC1(C(=O)O)CCN(C(=O)NC(C)C(=O)NC)C1. The van der Waals surface area contributed by atoms with Crippen molar-refractivity contribution in [3.05, 3.63) is 0 Å². The summed E-state index contributed by atoms with van der Waals surface area (Å²) in [7, 11) is 1.49. The van der Waals surface area contributed by atoms with Gasteiger partial charge in [0.2, 0.25) is 5.91 Å². The maximum Gasteiger partial charge on any atom is 0.318 e. The fourth-order valence-electron chi connectivity index (χ4n) is 2.22. The van der Waals surface area contributed by atoms with Crippen LogP contribution in [0.2, 0.25) is 0 Å². The number of aliphatic carboxylic acids is 1. The Kier molecular flexibility index (Phi) is 4.74. The molecule has 1 aliphatic rings. The summed E-state index contributed by atoms with van der Waals surface area (Å²) in [6.07, 6.45) is 0.928. The molecule has 0 radical (unpaired) electrons. The average Bonchev–Trinajstić information content (AvgIpc) is 2.83. The zero-order valence-corrected chi connectivity index (χ0v) is 11.5. The second kappa shape index (κ2) is 5.90. The second-order valence-electron chi connectivity index (χ2n) is 4.90. The number of carbonyl (C=O) groups is 3. The van der Waals surface area contributed by atoms with Crippen LogP contribution in [0.1, 0.15) is 26.7 Å². The Hall–Kier alpha value is -1.79. The van der Waals surface area contributed by atoms with Crippen molar-refractivity contribution < 1.29 is 19.5 Å². The number of amides is 3. The van der Waals surface area contributed by atoms with E-state index in [1.807, 2.05) is 6.92 Å². The quantitative estimate of drug-likeness (QED) is 0.671. The van der Waals surface area contributed by atoms with Gasteiger partial charge in [-0.15, -0.1) is 0 Å². The van der Waals surface area contributed by atoms with Crippen LogP contribution in [0.15, 0.2) is 0 Å². The molecule has 0 aromatic carbocycles. The van der Waals surface area contributed by atoms with Crippen LogP contribution in [0.4, 0.5) is 4.79 Å². The molecule has 1 saturated heterocycles. The van der Waals surface area contributed by atoms with Gasteiger partial charge in [0, 0.05) is 20.1 Å². The largest absolute Gasteiger partial charge is 0.481 e. The molecule has 0 aliphatic carbocycles. The van der Waals surface area contributed by atoms with Gasteiger partial charge in [-0.25, -0.2) is 4.79 Å². The van der Waals surface area contributed by atoms with Crippen LogP contribution < -0.4 is 10.6 Å². The van der Waals surface area contributed by atoms with E-state index < -0.39 is 23.5 Å². The highest BCUT2D eigenvalue weighted by Crippen LogP contribution is 2.34. The number of nitrogens with one attached hydrogen (secondary N) is 2. The van der Waals surface area contributed by atoms with Crippen molar-refractivity contribution in [1.29, 1.82) is 0 Å². The van der Waals surface area contributed by atoms with Crippen molar-refractivity contribution in [3.8, 4) is 0 Å². The lowest BCUT2D eigenvalue weighted by molar-refractivity contribution is -0.148. The Morgan fingerprint density at radius 2 is 2.05 bits per heavy atom. The Labute approximate surface area is 112 Å². The molecule has 7 heteroatoms. The number of likely N-dealkylation sites (tertiary alicyclic amines) is 1. The van der Waals surface area contributed by atoms with E-state index in [0.717, 1.165) is 0 Å². The zero-order chi connectivity index (χ0) is 14.6. The summed E-state index contributed by atoms with van der Waals surface area (Å²) >= 11 is 0. The van der Waals surface area contributed by atoms with Gasteiger partial charge >= 0.3 is 12.0 Å². The molecule has 0 saturated carbocycles. The maximum atomic E-state index is 11.9. The summed E-state index contributed by atoms with van der Waals surface area (Å²) in [6, 6.07) is -1.04. The highest BCUT2D eigenvalue weighted by Gasteiger charge is 2.44. The minimum absolute atomic E-state index is 0.186. The molecule has 7 nitrogen and oxygen atoms in total. The Bertz CT molecular complexity index is 385. The molecule has 1 heterocycles. The standard InChI is InChI=1S/C12H21N3O4/c1-4-12(10(17)18)5-6-15(7-12)11(19)14-8(2)9(16)13-3/h8H,4-7H2,1-3H3,(H,13,16)(H,14,19)(H,17,18). The summed E-state index contributed by atoms with van der Waals surface area (Å²) in [6.45, 7) is 3.97. The summed E-state index contributed by atoms with van der Waals surface area (Å²) in [5, 5.41) is 14.2. The van der Waals surface area contributed by atoms with Crippen LogP contribution in [-0.2, 0) is 9.59 Å². The normalized spacial score (nSPS) is 23.8. The van der Waals surface area contributed by atoms with Gasteiger partial charge in [-0.2, -0.15) is 0 Å². The number of likely N-dealkylation sites (N-methyl/N-ethyl adjacent to an activating group) is 1. The molecule has 2 atom stereocenters. The first-order chi connectivity index (χ1) is 8.86.